The summed E-state index contributed by atoms with van der Waals surface area (Å²) in [7, 11) is 1.23. The summed E-state index contributed by atoms with van der Waals surface area (Å²) in [4.78, 5) is 9.31. The van der Waals surface area contributed by atoms with Gasteiger partial charge >= 0.3 is 0 Å². The number of guanidine groups is 1. The highest BCUT2D eigenvalue weighted by atomic mass is 127. The van der Waals surface area contributed by atoms with Crippen LogP contribution in [-0.4, -0.2) is 92.0 Å². The minimum absolute atomic E-state index is 0. The second-order valence-electron chi connectivity index (χ2n) is 7.59. The van der Waals surface area contributed by atoms with Crippen LogP contribution in [0, 0.1) is 0 Å². The van der Waals surface area contributed by atoms with E-state index in [1.807, 2.05) is 25.6 Å². The zero-order valence-corrected chi connectivity index (χ0v) is 20.0. The predicted molar refractivity (Wildman–Crippen MR) is 119 cm³/mol. The van der Waals surface area contributed by atoms with Crippen LogP contribution in [0.1, 0.15) is 27.2 Å². The summed E-state index contributed by atoms with van der Waals surface area (Å²) >= 11 is 1.99. The lowest BCUT2D eigenvalue weighted by Gasteiger charge is -2.40. The van der Waals surface area contributed by atoms with E-state index in [-0.39, 0.29) is 35.3 Å². The molecule has 2 aliphatic rings. The molecular weight excluding hydrogens is 471 g/mol. The Kier molecular flexibility index (Phi) is 8.36. The van der Waals surface area contributed by atoms with E-state index >= 15 is 0 Å². The van der Waals surface area contributed by atoms with Gasteiger partial charge in [0.25, 0.3) is 0 Å². The molecule has 0 radical (unpaired) electrons. The Morgan fingerprint density at radius 1 is 1.36 bits per heavy atom. The maximum absolute atomic E-state index is 12.2. The lowest BCUT2D eigenvalue weighted by atomic mass is 9.98. The van der Waals surface area contributed by atoms with Gasteiger partial charge in [-0.15, -0.1) is 24.0 Å². The van der Waals surface area contributed by atoms with E-state index in [4.69, 9.17) is 4.99 Å². The first-order valence-corrected chi connectivity index (χ1v) is 11.4. The molecule has 2 fully saturated rings. The SMILES string of the molecule is CCNC(=NCC1(N(C)C)CCSC1)N1CCS(=O)(=O)C(C)(C)C1.I. The molecule has 2 heterocycles. The van der Waals surface area contributed by atoms with Crippen LogP contribution in [-0.2, 0) is 9.84 Å². The number of nitrogens with zero attached hydrogens (tertiary/aromatic N) is 3. The fourth-order valence-corrected chi connectivity index (χ4v) is 6.10. The quantitative estimate of drug-likeness (QED) is 0.356. The lowest BCUT2D eigenvalue weighted by Crippen LogP contribution is -2.57. The van der Waals surface area contributed by atoms with Crippen molar-refractivity contribution in [1.29, 1.82) is 0 Å². The number of rotatable bonds is 4. The van der Waals surface area contributed by atoms with Crippen LogP contribution in [0.2, 0.25) is 0 Å². The molecule has 2 aliphatic heterocycles. The molecule has 1 N–H and O–H groups in total. The number of thioether (sulfide) groups is 1. The maximum atomic E-state index is 12.2. The van der Waals surface area contributed by atoms with Gasteiger partial charge < -0.3 is 15.1 Å². The van der Waals surface area contributed by atoms with Gasteiger partial charge in [-0.1, -0.05) is 0 Å². The molecule has 0 amide bonds. The number of nitrogens with one attached hydrogen (secondary N) is 1. The Morgan fingerprint density at radius 3 is 2.52 bits per heavy atom. The molecule has 0 aromatic heterocycles. The minimum atomic E-state index is -3.03. The van der Waals surface area contributed by atoms with Crippen molar-refractivity contribution in [2.45, 2.75) is 37.5 Å². The van der Waals surface area contributed by atoms with Crippen molar-refractivity contribution < 1.29 is 8.42 Å². The zero-order chi connectivity index (χ0) is 18.0. The van der Waals surface area contributed by atoms with Gasteiger partial charge in [-0.2, -0.15) is 11.8 Å². The third kappa shape index (κ3) is 5.16. The molecule has 6 nitrogen and oxygen atoms in total. The molecule has 0 aromatic rings. The van der Waals surface area contributed by atoms with Crippen LogP contribution >= 0.6 is 35.7 Å². The van der Waals surface area contributed by atoms with Crippen molar-refractivity contribution in [3.63, 3.8) is 0 Å². The van der Waals surface area contributed by atoms with Crippen molar-refractivity contribution in [3.05, 3.63) is 0 Å². The van der Waals surface area contributed by atoms with E-state index in [0.29, 0.717) is 13.1 Å². The highest BCUT2D eigenvalue weighted by Crippen LogP contribution is 2.32. The van der Waals surface area contributed by atoms with Crippen molar-refractivity contribution in [3.8, 4) is 0 Å². The molecule has 1 unspecified atom stereocenters. The van der Waals surface area contributed by atoms with Crippen LogP contribution in [0.3, 0.4) is 0 Å². The smallest absolute Gasteiger partial charge is 0.194 e. The zero-order valence-electron chi connectivity index (χ0n) is 16.0. The minimum Gasteiger partial charge on any atom is -0.357 e. The number of hydrogen-bond donors (Lipinski definition) is 1. The van der Waals surface area contributed by atoms with Crippen molar-refractivity contribution in [2.24, 2.45) is 4.99 Å². The topological polar surface area (TPSA) is 65.0 Å². The predicted octanol–water partition coefficient (Wildman–Crippen LogP) is 1.52. The summed E-state index contributed by atoms with van der Waals surface area (Å²) in [5.41, 5.74) is 0.114. The molecule has 1 atom stereocenters. The molecule has 2 saturated heterocycles. The van der Waals surface area contributed by atoms with Crippen LogP contribution < -0.4 is 5.32 Å². The van der Waals surface area contributed by atoms with Crippen LogP contribution in [0.4, 0.5) is 0 Å². The summed E-state index contributed by atoms with van der Waals surface area (Å²) in [5, 5.41) is 3.35. The summed E-state index contributed by atoms with van der Waals surface area (Å²) in [6, 6.07) is 0. The van der Waals surface area contributed by atoms with E-state index in [0.717, 1.165) is 31.2 Å². The van der Waals surface area contributed by atoms with E-state index in [2.05, 4.69) is 36.1 Å². The van der Waals surface area contributed by atoms with Crippen molar-refractivity contribution in [2.75, 3.05) is 57.5 Å². The van der Waals surface area contributed by atoms with E-state index in [1.165, 1.54) is 5.75 Å². The molecule has 0 bridgehead atoms. The number of sulfone groups is 1. The van der Waals surface area contributed by atoms with Gasteiger partial charge in [0.05, 0.1) is 17.0 Å². The molecule has 0 aliphatic carbocycles. The lowest BCUT2D eigenvalue weighted by molar-refractivity contribution is 0.189. The van der Waals surface area contributed by atoms with Crippen LogP contribution in [0.5, 0.6) is 0 Å². The second-order valence-corrected chi connectivity index (χ2v) is 11.4. The summed E-state index contributed by atoms with van der Waals surface area (Å²) in [5.74, 6) is 3.32. The second kappa shape index (κ2) is 8.97. The molecule has 25 heavy (non-hydrogen) atoms. The molecule has 0 aromatic carbocycles. The van der Waals surface area contributed by atoms with Gasteiger partial charge in [-0.05, 0) is 47.0 Å². The molecule has 0 spiro atoms. The fraction of sp³-hybridized carbons (Fsp3) is 0.938. The van der Waals surface area contributed by atoms with Gasteiger partial charge in [0.1, 0.15) is 0 Å². The normalized spacial score (nSPS) is 28.7. The molecule has 0 saturated carbocycles. The van der Waals surface area contributed by atoms with Crippen molar-refractivity contribution >= 4 is 51.5 Å². The summed E-state index contributed by atoms with van der Waals surface area (Å²) in [6.45, 7) is 8.21. The highest BCUT2D eigenvalue weighted by molar-refractivity contribution is 14.0. The summed E-state index contributed by atoms with van der Waals surface area (Å²) < 4.78 is 23.7. The molecule has 148 valence electrons. The number of halogens is 1. The number of hydrogen-bond acceptors (Lipinski definition) is 5. The van der Waals surface area contributed by atoms with E-state index in [1.54, 1.807) is 0 Å². The first-order valence-electron chi connectivity index (χ1n) is 8.64. The van der Waals surface area contributed by atoms with Gasteiger partial charge in [-0.25, -0.2) is 8.42 Å². The van der Waals surface area contributed by atoms with Crippen molar-refractivity contribution in [1.82, 2.24) is 15.1 Å². The van der Waals surface area contributed by atoms with E-state index in [9.17, 15) is 8.42 Å². The Hall–Kier alpha value is 0.260. The molecular formula is C16H33IN4O2S2. The number of likely N-dealkylation sites (N-methyl/N-ethyl adjacent to an activating group) is 1. The average Bonchev–Trinajstić information content (AvgIpc) is 2.97. The first-order chi connectivity index (χ1) is 11.1. The van der Waals surface area contributed by atoms with Gasteiger partial charge in [0.15, 0.2) is 15.8 Å². The van der Waals surface area contributed by atoms with Crippen LogP contribution in [0.15, 0.2) is 4.99 Å². The first kappa shape index (κ1) is 23.3. The Balaban J connectivity index is 0.00000312. The highest BCUT2D eigenvalue weighted by Gasteiger charge is 2.41. The Labute approximate surface area is 174 Å². The largest absolute Gasteiger partial charge is 0.357 e. The number of aliphatic imine (C=N–C) groups is 1. The standard InChI is InChI=1S/C16H32N4O2S2.HI/c1-6-17-14(18-11-16(19(4)5)7-9-23-13-16)20-8-10-24(21,22)15(2,3)12-20;/h6-13H2,1-5H3,(H,17,18);1H. The summed E-state index contributed by atoms with van der Waals surface area (Å²) in [6.07, 6.45) is 1.15. The van der Waals surface area contributed by atoms with Gasteiger partial charge in [0.2, 0.25) is 0 Å². The maximum Gasteiger partial charge on any atom is 0.194 e. The van der Waals surface area contributed by atoms with E-state index < -0.39 is 14.6 Å². The Morgan fingerprint density at radius 2 is 2.04 bits per heavy atom. The Bertz CT molecular complexity index is 573. The third-order valence-electron chi connectivity index (χ3n) is 5.23. The average molecular weight is 505 g/mol. The monoisotopic (exact) mass is 504 g/mol. The molecule has 2 rings (SSSR count). The van der Waals surface area contributed by atoms with Gasteiger partial charge in [-0.3, -0.25) is 4.99 Å². The van der Waals surface area contributed by atoms with Crippen LogP contribution in [0.25, 0.3) is 0 Å². The molecule has 9 heteroatoms. The third-order valence-corrected chi connectivity index (χ3v) is 9.00. The fourth-order valence-electron chi connectivity index (χ4n) is 3.19. The van der Waals surface area contributed by atoms with Gasteiger partial charge in [0, 0.05) is 30.9 Å².